The molecule has 0 amide bonds. The van der Waals surface area contributed by atoms with E-state index < -0.39 is 10.0 Å². The van der Waals surface area contributed by atoms with Crippen LogP contribution in [0.15, 0.2) is 58.5 Å². The Kier molecular flexibility index (Phi) is 4.75. The first-order valence-electron chi connectivity index (χ1n) is 6.72. The molecule has 0 radical (unpaired) electrons. The van der Waals surface area contributed by atoms with Crippen LogP contribution in [0.1, 0.15) is 23.6 Å². The molecule has 2 aromatic carbocycles. The number of nitrogens with one attached hydrogen (secondary N) is 1. The van der Waals surface area contributed by atoms with Gasteiger partial charge in [-0.15, -0.1) is 0 Å². The van der Waals surface area contributed by atoms with Crippen LogP contribution in [0.2, 0.25) is 0 Å². The molecule has 4 nitrogen and oxygen atoms in total. The van der Waals surface area contributed by atoms with Crippen LogP contribution in [-0.4, -0.2) is 14.6 Å². The molecule has 1 N–H and O–H groups in total. The molecule has 0 aromatic heterocycles. The average molecular weight is 302 g/mol. The zero-order chi connectivity index (χ0) is 15.3. The molecule has 0 spiro atoms. The summed E-state index contributed by atoms with van der Waals surface area (Å²) >= 11 is 0. The summed E-state index contributed by atoms with van der Waals surface area (Å²) in [7, 11) is -3.61. The fraction of sp³-hybridized carbons (Fsp3) is 0.188. The molecular formula is C16H18N2O2S. The summed E-state index contributed by atoms with van der Waals surface area (Å²) in [5.41, 5.74) is 3.08. The van der Waals surface area contributed by atoms with Gasteiger partial charge in [0, 0.05) is 0 Å². The SMILES string of the molecule is CCc1ccc(/C=N/NS(=O)(=O)c2ccc(C)cc2)cc1. The lowest BCUT2D eigenvalue weighted by atomic mass is 10.1. The standard InChI is InChI=1S/C16H18N2O2S/c1-3-14-6-8-15(9-7-14)12-17-18-21(19,20)16-10-4-13(2)5-11-16/h4-12,18H,3H2,1-2H3/b17-12+. The lowest BCUT2D eigenvalue weighted by Gasteiger charge is -2.03. The Morgan fingerprint density at radius 2 is 1.67 bits per heavy atom. The van der Waals surface area contributed by atoms with Gasteiger partial charge < -0.3 is 0 Å². The quantitative estimate of drug-likeness (QED) is 0.682. The normalized spacial score (nSPS) is 11.7. The third-order valence-electron chi connectivity index (χ3n) is 3.11. The second-order valence-electron chi connectivity index (χ2n) is 4.76. The minimum atomic E-state index is -3.61. The van der Waals surface area contributed by atoms with Gasteiger partial charge in [-0.05, 0) is 36.6 Å². The van der Waals surface area contributed by atoms with E-state index in [1.54, 1.807) is 24.3 Å². The molecule has 0 heterocycles. The number of hydrazone groups is 1. The third-order valence-corrected chi connectivity index (χ3v) is 4.34. The van der Waals surface area contributed by atoms with Crippen molar-refractivity contribution < 1.29 is 8.42 Å². The molecule has 0 atom stereocenters. The predicted molar refractivity (Wildman–Crippen MR) is 84.9 cm³/mol. The average Bonchev–Trinajstić information content (AvgIpc) is 2.48. The van der Waals surface area contributed by atoms with E-state index in [0.29, 0.717) is 0 Å². The summed E-state index contributed by atoms with van der Waals surface area (Å²) in [6, 6.07) is 14.4. The second-order valence-corrected chi connectivity index (χ2v) is 6.42. The van der Waals surface area contributed by atoms with Crippen molar-refractivity contribution in [3.8, 4) is 0 Å². The van der Waals surface area contributed by atoms with Crippen molar-refractivity contribution >= 4 is 16.2 Å². The van der Waals surface area contributed by atoms with Gasteiger partial charge >= 0.3 is 0 Å². The molecular weight excluding hydrogens is 284 g/mol. The molecule has 21 heavy (non-hydrogen) atoms. The molecule has 0 unspecified atom stereocenters. The van der Waals surface area contributed by atoms with Crippen LogP contribution in [0.5, 0.6) is 0 Å². The number of nitrogens with zero attached hydrogens (tertiary/aromatic N) is 1. The fourth-order valence-electron chi connectivity index (χ4n) is 1.78. The van der Waals surface area contributed by atoms with E-state index in [1.807, 2.05) is 31.2 Å². The van der Waals surface area contributed by atoms with Gasteiger partial charge in [0.15, 0.2) is 0 Å². The number of benzene rings is 2. The van der Waals surface area contributed by atoms with Crippen molar-refractivity contribution in [3.05, 3.63) is 65.2 Å². The van der Waals surface area contributed by atoms with E-state index in [1.165, 1.54) is 11.8 Å². The molecule has 5 heteroatoms. The molecule has 0 aliphatic carbocycles. The summed E-state index contributed by atoms with van der Waals surface area (Å²) < 4.78 is 24.0. The van der Waals surface area contributed by atoms with Crippen LogP contribution in [0.3, 0.4) is 0 Å². The third kappa shape index (κ3) is 4.16. The van der Waals surface area contributed by atoms with Gasteiger partial charge in [0.2, 0.25) is 0 Å². The fourth-order valence-corrected chi connectivity index (χ4v) is 2.57. The van der Waals surface area contributed by atoms with Gasteiger partial charge in [0.1, 0.15) is 0 Å². The van der Waals surface area contributed by atoms with E-state index in [0.717, 1.165) is 17.5 Å². The van der Waals surface area contributed by atoms with Crippen molar-refractivity contribution in [2.24, 2.45) is 5.10 Å². The predicted octanol–water partition coefficient (Wildman–Crippen LogP) is 2.87. The first kappa shape index (κ1) is 15.3. The van der Waals surface area contributed by atoms with Gasteiger partial charge in [-0.1, -0.05) is 48.9 Å². The Hall–Kier alpha value is -2.14. The molecule has 2 aromatic rings. The van der Waals surface area contributed by atoms with Crippen LogP contribution < -0.4 is 4.83 Å². The minimum Gasteiger partial charge on any atom is -0.200 e. The van der Waals surface area contributed by atoms with Gasteiger partial charge in [0.05, 0.1) is 11.1 Å². The molecule has 2 rings (SSSR count). The molecule has 0 aliphatic rings. The Morgan fingerprint density at radius 3 is 2.24 bits per heavy atom. The summed E-state index contributed by atoms with van der Waals surface area (Å²) in [6.07, 6.45) is 2.46. The first-order chi connectivity index (χ1) is 10.0. The van der Waals surface area contributed by atoms with Crippen molar-refractivity contribution in [2.45, 2.75) is 25.2 Å². The van der Waals surface area contributed by atoms with Gasteiger partial charge in [-0.25, -0.2) is 4.83 Å². The molecule has 0 bridgehead atoms. The summed E-state index contributed by atoms with van der Waals surface area (Å²) in [4.78, 5) is 2.41. The number of aryl methyl sites for hydroxylation is 2. The van der Waals surface area contributed by atoms with Crippen molar-refractivity contribution in [2.75, 3.05) is 0 Å². The van der Waals surface area contributed by atoms with E-state index in [-0.39, 0.29) is 4.90 Å². The van der Waals surface area contributed by atoms with Crippen molar-refractivity contribution in [1.82, 2.24) is 4.83 Å². The highest BCUT2D eigenvalue weighted by molar-refractivity contribution is 7.89. The summed E-state index contributed by atoms with van der Waals surface area (Å²) in [5, 5.41) is 3.80. The summed E-state index contributed by atoms with van der Waals surface area (Å²) in [5.74, 6) is 0. The Balaban J connectivity index is 2.06. The maximum Gasteiger partial charge on any atom is 0.276 e. The maximum atomic E-state index is 12.0. The zero-order valence-electron chi connectivity index (χ0n) is 12.1. The van der Waals surface area contributed by atoms with E-state index in [9.17, 15) is 8.42 Å². The van der Waals surface area contributed by atoms with E-state index in [2.05, 4.69) is 16.9 Å². The zero-order valence-corrected chi connectivity index (χ0v) is 12.9. The second kappa shape index (κ2) is 6.54. The van der Waals surface area contributed by atoms with Crippen LogP contribution in [-0.2, 0) is 16.4 Å². The van der Waals surface area contributed by atoms with E-state index >= 15 is 0 Å². The van der Waals surface area contributed by atoms with Crippen LogP contribution in [0.25, 0.3) is 0 Å². The first-order valence-corrected chi connectivity index (χ1v) is 8.20. The Morgan fingerprint density at radius 1 is 1.05 bits per heavy atom. The smallest absolute Gasteiger partial charge is 0.200 e. The summed E-state index contributed by atoms with van der Waals surface area (Å²) in [6.45, 7) is 3.99. The highest BCUT2D eigenvalue weighted by Gasteiger charge is 2.11. The van der Waals surface area contributed by atoms with E-state index in [4.69, 9.17) is 0 Å². The molecule has 110 valence electrons. The largest absolute Gasteiger partial charge is 0.276 e. The van der Waals surface area contributed by atoms with Gasteiger partial charge in [-0.3, -0.25) is 0 Å². The van der Waals surface area contributed by atoms with Crippen LogP contribution >= 0.6 is 0 Å². The lowest BCUT2D eigenvalue weighted by molar-refractivity contribution is 0.584. The number of hydrogen-bond donors (Lipinski definition) is 1. The lowest BCUT2D eigenvalue weighted by Crippen LogP contribution is -2.18. The highest BCUT2D eigenvalue weighted by Crippen LogP contribution is 2.09. The highest BCUT2D eigenvalue weighted by atomic mass is 32.2. The molecule has 0 fully saturated rings. The van der Waals surface area contributed by atoms with Crippen LogP contribution in [0, 0.1) is 6.92 Å². The Labute approximate surface area is 125 Å². The van der Waals surface area contributed by atoms with Crippen LogP contribution in [0.4, 0.5) is 0 Å². The maximum absolute atomic E-state index is 12.0. The van der Waals surface area contributed by atoms with Gasteiger partial charge in [0.25, 0.3) is 10.0 Å². The minimum absolute atomic E-state index is 0.201. The molecule has 0 saturated heterocycles. The number of rotatable bonds is 5. The molecule has 0 saturated carbocycles. The van der Waals surface area contributed by atoms with Crippen molar-refractivity contribution in [1.29, 1.82) is 0 Å². The number of hydrogen-bond acceptors (Lipinski definition) is 3. The Bertz CT molecular complexity index is 718. The number of sulfonamides is 1. The van der Waals surface area contributed by atoms with Crippen molar-refractivity contribution in [3.63, 3.8) is 0 Å². The molecule has 0 aliphatic heterocycles. The topological polar surface area (TPSA) is 58.5 Å². The van der Waals surface area contributed by atoms with Gasteiger partial charge in [-0.2, -0.15) is 13.5 Å². The monoisotopic (exact) mass is 302 g/mol.